The standard InChI is InChI=1S/C9H10ClF2N3/c1-5-2-6(15-7(10)14-5)8(4-13)3-9(8,11)12/h2H,3-4,13H2,1H3. The highest BCUT2D eigenvalue weighted by molar-refractivity contribution is 6.28. The third-order valence-corrected chi connectivity index (χ3v) is 2.93. The van der Waals surface area contributed by atoms with Gasteiger partial charge < -0.3 is 5.73 Å². The first-order chi connectivity index (χ1) is 6.91. The molecule has 15 heavy (non-hydrogen) atoms. The molecule has 1 saturated carbocycles. The molecule has 0 aromatic carbocycles. The Morgan fingerprint density at radius 2 is 2.13 bits per heavy atom. The van der Waals surface area contributed by atoms with Gasteiger partial charge in [-0.2, -0.15) is 0 Å². The monoisotopic (exact) mass is 233 g/mol. The van der Waals surface area contributed by atoms with Crippen molar-refractivity contribution in [1.29, 1.82) is 0 Å². The summed E-state index contributed by atoms with van der Waals surface area (Å²) in [5, 5.41) is -0.0134. The van der Waals surface area contributed by atoms with Crippen LogP contribution in [0.4, 0.5) is 8.78 Å². The molecule has 1 heterocycles. The highest BCUT2D eigenvalue weighted by atomic mass is 35.5. The number of aromatic nitrogens is 2. The smallest absolute Gasteiger partial charge is 0.261 e. The molecule has 2 rings (SSSR count). The minimum atomic E-state index is -2.77. The van der Waals surface area contributed by atoms with Gasteiger partial charge in [-0.05, 0) is 24.6 Å². The molecular formula is C9H10ClF2N3. The van der Waals surface area contributed by atoms with E-state index in [1.54, 1.807) is 6.92 Å². The lowest BCUT2D eigenvalue weighted by atomic mass is 10.0. The molecule has 0 bridgehead atoms. The Hall–Kier alpha value is -0.810. The second-order valence-corrected chi connectivity index (χ2v) is 4.17. The summed E-state index contributed by atoms with van der Waals surface area (Å²) in [6.45, 7) is 1.55. The molecule has 1 atom stereocenters. The Morgan fingerprint density at radius 1 is 1.53 bits per heavy atom. The van der Waals surface area contributed by atoms with Crippen LogP contribution in [0.3, 0.4) is 0 Å². The van der Waals surface area contributed by atoms with Crippen molar-refractivity contribution in [3.05, 3.63) is 22.7 Å². The number of halogens is 3. The van der Waals surface area contributed by atoms with Crippen molar-refractivity contribution >= 4 is 11.6 Å². The molecule has 1 aromatic heterocycles. The number of hydrogen-bond donors (Lipinski definition) is 1. The molecule has 3 nitrogen and oxygen atoms in total. The quantitative estimate of drug-likeness (QED) is 0.791. The number of aryl methyl sites for hydroxylation is 1. The van der Waals surface area contributed by atoms with Crippen molar-refractivity contribution in [2.45, 2.75) is 24.7 Å². The molecule has 82 valence electrons. The molecule has 0 amide bonds. The number of nitrogens with two attached hydrogens (primary N) is 1. The summed E-state index contributed by atoms with van der Waals surface area (Å²) >= 11 is 5.63. The van der Waals surface area contributed by atoms with Crippen LogP contribution in [0.2, 0.25) is 5.28 Å². The Balaban J connectivity index is 2.46. The van der Waals surface area contributed by atoms with E-state index >= 15 is 0 Å². The average molecular weight is 234 g/mol. The van der Waals surface area contributed by atoms with Gasteiger partial charge in [-0.3, -0.25) is 0 Å². The van der Waals surface area contributed by atoms with Gasteiger partial charge in [0.1, 0.15) is 0 Å². The Bertz CT molecular complexity index is 390. The normalized spacial score (nSPS) is 27.8. The molecule has 1 aliphatic carbocycles. The first-order valence-electron chi connectivity index (χ1n) is 4.51. The van der Waals surface area contributed by atoms with E-state index in [9.17, 15) is 8.78 Å². The van der Waals surface area contributed by atoms with Gasteiger partial charge in [-0.25, -0.2) is 18.7 Å². The molecule has 1 fully saturated rings. The molecule has 6 heteroatoms. The van der Waals surface area contributed by atoms with Crippen LogP contribution in [0.15, 0.2) is 6.07 Å². The number of hydrogen-bond acceptors (Lipinski definition) is 3. The van der Waals surface area contributed by atoms with Crippen LogP contribution < -0.4 is 5.73 Å². The van der Waals surface area contributed by atoms with Gasteiger partial charge >= 0.3 is 0 Å². The molecular weight excluding hydrogens is 224 g/mol. The lowest BCUT2D eigenvalue weighted by Crippen LogP contribution is -2.28. The summed E-state index contributed by atoms with van der Waals surface area (Å²) in [6, 6.07) is 1.51. The Kier molecular flexibility index (Phi) is 2.20. The maximum atomic E-state index is 13.2. The molecule has 1 unspecified atom stereocenters. The van der Waals surface area contributed by atoms with Crippen molar-refractivity contribution in [3.8, 4) is 0 Å². The maximum Gasteiger partial charge on any atom is 0.261 e. The molecule has 1 aliphatic rings. The summed E-state index contributed by atoms with van der Waals surface area (Å²) in [7, 11) is 0. The highest BCUT2D eigenvalue weighted by Crippen LogP contribution is 2.60. The first-order valence-corrected chi connectivity index (χ1v) is 4.89. The molecule has 0 saturated heterocycles. The zero-order chi connectivity index (χ0) is 11.3. The van der Waals surface area contributed by atoms with Crippen molar-refractivity contribution in [3.63, 3.8) is 0 Å². The van der Waals surface area contributed by atoms with E-state index in [4.69, 9.17) is 17.3 Å². The lowest BCUT2D eigenvalue weighted by Gasteiger charge is -2.13. The van der Waals surface area contributed by atoms with Crippen LogP contribution >= 0.6 is 11.6 Å². The third kappa shape index (κ3) is 1.50. The molecule has 0 radical (unpaired) electrons. The fourth-order valence-corrected chi connectivity index (χ4v) is 1.94. The van der Waals surface area contributed by atoms with Crippen LogP contribution in [0.1, 0.15) is 17.8 Å². The minimum Gasteiger partial charge on any atom is -0.329 e. The molecule has 2 N–H and O–H groups in total. The predicted molar refractivity (Wildman–Crippen MR) is 52.1 cm³/mol. The van der Waals surface area contributed by atoms with E-state index in [0.717, 1.165) is 0 Å². The van der Waals surface area contributed by atoms with Crippen LogP contribution in [-0.2, 0) is 5.41 Å². The van der Waals surface area contributed by atoms with E-state index in [0.29, 0.717) is 5.69 Å². The second kappa shape index (κ2) is 3.09. The fraction of sp³-hybridized carbons (Fsp3) is 0.556. The van der Waals surface area contributed by atoms with E-state index in [1.165, 1.54) is 6.07 Å². The zero-order valence-electron chi connectivity index (χ0n) is 8.10. The molecule has 1 aromatic rings. The Labute approximate surface area is 90.7 Å². The van der Waals surface area contributed by atoms with Gasteiger partial charge in [-0.1, -0.05) is 0 Å². The predicted octanol–water partition coefficient (Wildman–Crippen LogP) is 1.67. The highest BCUT2D eigenvalue weighted by Gasteiger charge is 2.72. The van der Waals surface area contributed by atoms with Crippen molar-refractivity contribution < 1.29 is 8.78 Å². The largest absolute Gasteiger partial charge is 0.329 e. The van der Waals surface area contributed by atoms with E-state index < -0.39 is 11.3 Å². The van der Waals surface area contributed by atoms with Crippen LogP contribution in [0.5, 0.6) is 0 Å². The molecule has 0 spiro atoms. The van der Waals surface area contributed by atoms with Crippen molar-refractivity contribution in [2.24, 2.45) is 5.73 Å². The second-order valence-electron chi connectivity index (χ2n) is 3.83. The average Bonchev–Trinajstić information content (AvgIpc) is 2.68. The summed E-state index contributed by atoms with van der Waals surface area (Å²) in [6.07, 6.45) is -0.261. The van der Waals surface area contributed by atoms with Crippen LogP contribution in [0.25, 0.3) is 0 Å². The van der Waals surface area contributed by atoms with E-state index in [2.05, 4.69) is 9.97 Å². The number of alkyl halides is 2. The van der Waals surface area contributed by atoms with Gasteiger partial charge in [0.2, 0.25) is 5.28 Å². The van der Waals surface area contributed by atoms with E-state index in [1.807, 2.05) is 0 Å². The first kappa shape index (κ1) is 10.7. The van der Waals surface area contributed by atoms with Crippen molar-refractivity contribution in [1.82, 2.24) is 9.97 Å². The summed E-state index contributed by atoms with van der Waals surface area (Å²) in [5.74, 6) is -2.77. The lowest BCUT2D eigenvalue weighted by molar-refractivity contribution is 0.0886. The van der Waals surface area contributed by atoms with Gasteiger partial charge in [0.05, 0.1) is 11.1 Å². The Morgan fingerprint density at radius 3 is 2.53 bits per heavy atom. The number of nitrogens with zero attached hydrogens (tertiary/aromatic N) is 2. The van der Waals surface area contributed by atoms with Crippen LogP contribution in [-0.4, -0.2) is 22.4 Å². The SMILES string of the molecule is Cc1cc(C2(CN)CC2(F)F)nc(Cl)n1. The molecule has 0 aliphatic heterocycles. The van der Waals surface area contributed by atoms with Crippen LogP contribution in [0, 0.1) is 6.92 Å². The summed E-state index contributed by atoms with van der Waals surface area (Å²) in [5.41, 5.74) is 4.88. The van der Waals surface area contributed by atoms with Gasteiger partial charge in [-0.15, -0.1) is 0 Å². The zero-order valence-corrected chi connectivity index (χ0v) is 8.85. The fourth-order valence-electron chi connectivity index (χ4n) is 1.72. The van der Waals surface area contributed by atoms with Gasteiger partial charge in [0.25, 0.3) is 5.92 Å². The van der Waals surface area contributed by atoms with E-state index in [-0.39, 0.29) is 23.9 Å². The third-order valence-electron chi connectivity index (χ3n) is 2.76. The topological polar surface area (TPSA) is 51.8 Å². The van der Waals surface area contributed by atoms with Gasteiger partial charge in [0, 0.05) is 18.7 Å². The minimum absolute atomic E-state index is 0.0134. The van der Waals surface area contributed by atoms with Crippen molar-refractivity contribution in [2.75, 3.05) is 6.54 Å². The van der Waals surface area contributed by atoms with Gasteiger partial charge in [0.15, 0.2) is 0 Å². The number of rotatable bonds is 2. The summed E-state index contributed by atoms with van der Waals surface area (Å²) < 4.78 is 26.4. The summed E-state index contributed by atoms with van der Waals surface area (Å²) in [4.78, 5) is 7.66. The maximum absolute atomic E-state index is 13.2.